The van der Waals surface area contributed by atoms with Gasteiger partial charge in [0, 0.05) is 16.1 Å². The van der Waals surface area contributed by atoms with Gasteiger partial charge in [-0.2, -0.15) is 0 Å². The number of hydrogen-bond acceptors (Lipinski definition) is 3. The molecule has 156 valence electrons. The Morgan fingerprint density at radius 3 is 2.14 bits per heavy atom. The minimum absolute atomic E-state index is 0.520. The van der Waals surface area contributed by atoms with Crippen molar-refractivity contribution in [3.05, 3.63) is 59.7 Å². The molecule has 0 aliphatic carbocycles. The van der Waals surface area contributed by atoms with E-state index in [-0.39, 0.29) is 0 Å². The van der Waals surface area contributed by atoms with Gasteiger partial charge in [0.15, 0.2) is 0 Å². The van der Waals surface area contributed by atoms with Crippen molar-refractivity contribution >= 4 is 27.2 Å². The zero-order chi connectivity index (χ0) is 21.4. The van der Waals surface area contributed by atoms with Gasteiger partial charge in [-0.25, -0.2) is 4.68 Å². The highest BCUT2D eigenvalue weighted by Gasteiger charge is 2.47. The Morgan fingerprint density at radius 2 is 1.55 bits per heavy atom. The average molecular weight is 426 g/mol. The van der Waals surface area contributed by atoms with Gasteiger partial charge in [0.1, 0.15) is 11.1 Å². The number of hydrogen-bond donors (Lipinski definition) is 1. The van der Waals surface area contributed by atoms with Crippen LogP contribution in [0.15, 0.2) is 48.5 Å². The molecule has 0 aliphatic heterocycles. The smallest absolute Gasteiger partial charge is 0.113 e. The van der Waals surface area contributed by atoms with Gasteiger partial charge in [-0.3, -0.25) is 0 Å². The van der Waals surface area contributed by atoms with Gasteiger partial charge in [-0.05, 0) is 36.7 Å². The van der Waals surface area contributed by atoms with Crippen molar-refractivity contribution in [1.82, 2.24) is 15.0 Å². The lowest BCUT2D eigenvalue weighted by atomic mass is 9.86. The van der Waals surface area contributed by atoms with Gasteiger partial charge in [0.25, 0.3) is 0 Å². The number of benzene rings is 2. The van der Waals surface area contributed by atoms with E-state index in [4.69, 9.17) is 0 Å². The first kappa shape index (κ1) is 21.9. The van der Waals surface area contributed by atoms with E-state index in [0.717, 1.165) is 28.7 Å². The number of aliphatic hydroxyl groups excluding tert-OH is 1. The SMILES string of the molecule is Cc1ccc(C(C[Si](C)(C)C)(C(O)C[Si](C)(C)C)n2nnc3ccccc32)cc1. The molecule has 0 radical (unpaired) electrons. The summed E-state index contributed by atoms with van der Waals surface area (Å²) in [5, 5.41) is 21.0. The second kappa shape index (κ2) is 7.81. The van der Waals surface area contributed by atoms with Crippen LogP contribution in [0.1, 0.15) is 11.1 Å². The number of fused-ring (bicyclic) bond motifs is 1. The topological polar surface area (TPSA) is 50.9 Å². The Hall–Kier alpha value is -1.77. The summed E-state index contributed by atoms with van der Waals surface area (Å²) in [6.45, 7) is 16.2. The second-order valence-corrected chi connectivity index (χ2v) is 21.8. The molecule has 0 saturated heterocycles. The van der Waals surface area contributed by atoms with Crippen molar-refractivity contribution in [2.75, 3.05) is 0 Å². The fourth-order valence-corrected chi connectivity index (χ4v) is 8.02. The van der Waals surface area contributed by atoms with Crippen molar-refractivity contribution in [1.29, 1.82) is 0 Å². The van der Waals surface area contributed by atoms with E-state index in [2.05, 4.69) is 86.8 Å². The molecular formula is C23H35N3OSi2. The van der Waals surface area contributed by atoms with Crippen LogP contribution in [-0.2, 0) is 5.54 Å². The summed E-state index contributed by atoms with van der Waals surface area (Å²) in [4.78, 5) is 0. The summed E-state index contributed by atoms with van der Waals surface area (Å²) < 4.78 is 2.04. The van der Waals surface area contributed by atoms with E-state index in [0.29, 0.717) is 0 Å². The van der Waals surface area contributed by atoms with Crippen LogP contribution in [0.5, 0.6) is 0 Å². The molecule has 2 unspecified atom stereocenters. The van der Waals surface area contributed by atoms with Gasteiger partial charge in [0.05, 0.1) is 11.6 Å². The Labute approximate surface area is 177 Å². The summed E-state index contributed by atoms with van der Waals surface area (Å²) >= 11 is 0. The molecule has 0 amide bonds. The lowest BCUT2D eigenvalue weighted by Gasteiger charge is -2.44. The van der Waals surface area contributed by atoms with Crippen molar-refractivity contribution in [2.45, 2.75) is 69.9 Å². The molecule has 3 rings (SSSR count). The third-order valence-electron chi connectivity index (χ3n) is 5.44. The third kappa shape index (κ3) is 4.70. The average Bonchev–Trinajstić information content (AvgIpc) is 3.02. The molecule has 0 saturated carbocycles. The van der Waals surface area contributed by atoms with Crippen LogP contribution in [0.3, 0.4) is 0 Å². The van der Waals surface area contributed by atoms with Gasteiger partial charge < -0.3 is 5.11 Å². The van der Waals surface area contributed by atoms with E-state index in [1.54, 1.807) is 0 Å². The minimum Gasteiger partial charge on any atom is -0.391 e. The molecule has 2 aromatic carbocycles. The summed E-state index contributed by atoms with van der Waals surface area (Å²) in [5.41, 5.74) is 3.60. The number of aryl methyl sites for hydroxylation is 1. The van der Waals surface area contributed by atoms with Crippen LogP contribution < -0.4 is 0 Å². The Morgan fingerprint density at radius 1 is 0.931 bits per heavy atom. The number of para-hydroxylation sites is 1. The zero-order valence-corrected chi connectivity index (χ0v) is 20.9. The molecule has 6 heteroatoms. The van der Waals surface area contributed by atoms with E-state index in [1.807, 2.05) is 22.9 Å². The Bertz CT molecular complexity index is 970. The molecule has 0 aliphatic rings. The van der Waals surface area contributed by atoms with E-state index in [9.17, 15) is 5.11 Å². The fourth-order valence-electron chi connectivity index (χ4n) is 4.31. The molecule has 1 N–H and O–H groups in total. The van der Waals surface area contributed by atoms with Crippen LogP contribution in [0, 0.1) is 6.92 Å². The summed E-state index contributed by atoms with van der Waals surface area (Å²) in [5.74, 6) is 0. The molecule has 0 fully saturated rings. The lowest BCUT2D eigenvalue weighted by molar-refractivity contribution is 0.0789. The largest absolute Gasteiger partial charge is 0.391 e. The van der Waals surface area contributed by atoms with Gasteiger partial charge in [-0.15, -0.1) is 5.10 Å². The lowest BCUT2D eigenvalue weighted by Crippen LogP contribution is -2.52. The third-order valence-corrected chi connectivity index (χ3v) is 8.65. The van der Waals surface area contributed by atoms with Crippen LogP contribution in [0.4, 0.5) is 0 Å². The fraction of sp³-hybridized carbons (Fsp3) is 0.478. The maximum Gasteiger partial charge on any atom is 0.113 e. The quantitative estimate of drug-likeness (QED) is 0.507. The predicted octanol–water partition coefficient (Wildman–Crippen LogP) is 5.52. The number of nitrogens with zero attached hydrogens (tertiary/aromatic N) is 3. The first-order valence-corrected chi connectivity index (χ1v) is 17.9. The van der Waals surface area contributed by atoms with E-state index in [1.165, 1.54) is 5.56 Å². The van der Waals surface area contributed by atoms with Crippen molar-refractivity contribution in [3.63, 3.8) is 0 Å². The normalized spacial score (nSPS) is 16.0. The molecule has 2 atom stereocenters. The molecule has 0 spiro atoms. The van der Waals surface area contributed by atoms with E-state index >= 15 is 0 Å². The zero-order valence-electron chi connectivity index (χ0n) is 18.9. The molecule has 0 bridgehead atoms. The second-order valence-electron chi connectivity index (χ2n) is 10.8. The maximum absolute atomic E-state index is 11.9. The van der Waals surface area contributed by atoms with Crippen molar-refractivity contribution < 1.29 is 5.11 Å². The first-order valence-electron chi connectivity index (χ1n) is 10.5. The maximum atomic E-state index is 11.9. The number of aromatic nitrogens is 3. The molecule has 1 heterocycles. The Kier molecular flexibility index (Phi) is 5.91. The molecule has 29 heavy (non-hydrogen) atoms. The van der Waals surface area contributed by atoms with Crippen LogP contribution in [0.25, 0.3) is 11.0 Å². The molecule has 3 aromatic rings. The summed E-state index contributed by atoms with van der Waals surface area (Å²) in [7, 11) is -3.13. The van der Waals surface area contributed by atoms with Crippen molar-refractivity contribution in [2.24, 2.45) is 0 Å². The van der Waals surface area contributed by atoms with Gasteiger partial charge in [-0.1, -0.05) is 86.5 Å². The van der Waals surface area contributed by atoms with Crippen molar-refractivity contribution in [3.8, 4) is 0 Å². The number of aliphatic hydroxyl groups is 1. The summed E-state index contributed by atoms with van der Waals surface area (Å²) in [6, 6.07) is 18.5. The van der Waals surface area contributed by atoms with Crippen LogP contribution in [-0.4, -0.2) is 42.4 Å². The molecule has 1 aromatic heterocycles. The highest BCUT2D eigenvalue weighted by Crippen LogP contribution is 2.42. The Balaban J connectivity index is 2.33. The molecular weight excluding hydrogens is 390 g/mol. The minimum atomic E-state index is -1.60. The standard InChI is InChI=1S/C23H35N3OSi2/c1-18-12-14-19(15-13-18)23(17-29(5,6)7,22(27)16-28(2,3)4)26-21-11-9-8-10-20(21)24-25-26/h8-15,22,27H,16-17H2,1-7H3. The van der Waals surface area contributed by atoms with Gasteiger partial charge in [0.2, 0.25) is 0 Å². The predicted molar refractivity (Wildman–Crippen MR) is 128 cm³/mol. The van der Waals surface area contributed by atoms with Crippen LogP contribution >= 0.6 is 0 Å². The highest BCUT2D eigenvalue weighted by atomic mass is 28.3. The van der Waals surface area contributed by atoms with E-state index < -0.39 is 27.8 Å². The number of rotatable bonds is 7. The summed E-state index contributed by atoms with van der Waals surface area (Å²) in [6.07, 6.45) is -0.520. The first-order chi connectivity index (χ1) is 13.4. The van der Waals surface area contributed by atoms with Gasteiger partial charge >= 0.3 is 0 Å². The monoisotopic (exact) mass is 425 g/mol. The highest BCUT2D eigenvalue weighted by molar-refractivity contribution is 6.77. The molecule has 4 nitrogen and oxygen atoms in total. The van der Waals surface area contributed by atoms with Crippen LogP contribution in [0.2, 0.25) is 51.4 Å².